The highest BCUT2D eigenvalue weighted by Crippen LogP contribution is 2.29. The minimum absolute atomic E-state index is 0. The lowest BCUT2D eigenvalue weighted by atomic mass is 10.1. The fraction of sp³-hybridized carbons (Fsp3) is 0.316. The molecule has 0 saturated carbocycles. The molecule has 0 aliphatic heterocycles. The van der Waals surface area contributed by atoms with Gasteiger partial charge in [0.05, 0.1) is 14.2 Å². The summed E-state index contributed by atoms with van der Waals surface area (Å²) in [4.78, 5) is 4.26. The third kappa shape index (κ3) is 6.12. The molecule has 0 amide bonds. The second kappa shape index (κ2) is 10.8. The number of aliphatic imine (C=N–C) groups is 1. The smallest absolute Gasteiger partial charge is 0.195 e. The van der Waals surface area contributed by atoms with Crippen molar-refractivity contribution in [1.29, 1.82) is 0 Å². The molecule has 2 aromatic carbocycles. The van der Waals surface area contributed by atoms with Crippen LogP contribution in [-0.4, -0.2) is 33.8 Å². The molecule has 2 aromatic rings. The van der Waals surface area contributed by atoms with E-state index >= 15 is 0 Å². The Morgan fingerprint density at radius 2 is 1.76 bits per heavy atom. The number of rotatable bonds is 6. The van der Waals surface area contributed by atoms with Crippen LogP contribution in [0.5, 0.6) is 11.5 Å². The monoisotopic (exact) mass is 455 g/mol. The van der Waals surface area contributed by atoms with E-state index in [1.54, 1.807) is 21.3 Å². The number of guanidine groups is 1. The summed E-state index contributed by atoms with van der Waals surface area (Å²) in [6, 6.07) is 14.1. The van der Waals surface area contributed by atoms with E-state index < -0.39 is 0 Å². The zero-order valence-electron chi connectivity index (χ0n) is 15.1. The van der Waals surface area contributed by atoms with Crippen molar-refractivity contribution in [3.8, 4) is 11.5 Å². The number of hydrogen-bond acceptors (Lipinski definition) is 3. The van der Waals surface area contributed by atoms with Gasteiger partial charge < -0.3 is 20.1 Å². The molecule has 0 bridgehead atoms. The Hall–Kier alpha value is -1.96. The van der Waals surface area contributed by atoms with Crippen LogP contribution in [0.25, 0.3) is 0 Å². The number of aryl methyl sites for hydroxylation is 1. The minimum atomic E-state index is 0. The van der Waals surface area contributed by atoms with Crippen LogP contribution in [0.15, 0.2) is 47.5 Å². The molecule has 0 aliphatic carbocycles. The fourth-order valence-corrected chi connectivity index (χ4v) is 2.44. The standard InChI is InChI=1S/C19H25N3O2.HI/c1-14-7-5-6-8-15(14)11-12-21-19(20-2)22-16-9-10-17(23-3)18(13-16)24-4;/h5-10,13H,11-12H2,1-4H3,(H2,20,21,22);1H. The van der Waals surface area contributed by atoms with E-state index in [0.717, 1.165) is 24.6 Å². The average molecular weight is 455 g/mol. The Balaban J connectivity index is 0.00000312. The van der Waals surface area contributed by atoms with Gasteiger partial charge in [0.1, 0.15) is 0 Å². The van der Waals surface area contributed by atoms with Gasteiger partial charge in [0.25, 0.3) is 0 Å². The highest BCUT2D eigenvalue weighted by Gasteiger charge is 2.06. The number of nitrogens with one attached hydrogen (secondary N) is 2. The van der Waals surface area contributed by atoms with Gasteiger partial charge in [0.2, 0.25) is 0 Å². The number of benzene rings is 2. The molecule has 0 atom stereocenters. The Morgan fingerprint density at radius 1 is 1.04 bits per heavy atom. The summed E-state index contributed by atoms with van der Waals surface area (Å²) >= 11 is 0. The summed E-state index contributed by atoms with van der Waals surface area (Å²) < 4.78 is 10.6. The second-order valence-corrected chi connectivity index (χ2v) is 5.37. The van der Waals surface area contributed by atoms with Crippen LogP contribution in [0, 0.1) is 6.92 Å². The molecule has 6 heteroatoms. The van der Waals surface area contributed by atoms with Crippen molar-refractivity contribution in [3.63, 3.8) is 0 Å². The Morgan fingerprint density at radius 3 is 2.40 bits per heavy atom. The van der Waals surface area contributed by atoms with Gasteiger partial charge in [-0.1, -0.05) is 24.3 Å². The third-order valence-electron chi connectivity index (χ3n) is 3.82. The third-order valence-corrected chi connectivity index (χ3v) is 3.82. The lowest BCUT2D eigenvalue weighted by molar-refractivity contribution is 0.355. The number of halogens is 1. The summed E-state index contributed by atoms with van der Waals surface area (Å²) in [6.07, 6.45) is 0.944. The van der Waals surface area contributed by atoms with Gasteiger partial charge in [0.15, 0.2) is 17.5 Å². The van der Waals surface area contributed by atoms with Crippen LogP contribution in [0.2, 0.25) is 0 Å². The normalized spacial score (nSPS) is 10.6. The molecule has 25 heavy (non-hydrogen) atoms. The van der Waals surface area contributed by atoms with E-state index in [9.17, 15) is 0 Å². The molecule has 0 saturated heterocycles. The molecule has 0 heterocycles. The lowest BCUT2D eigenvalue weighted by Gasteiger charge is -2.14. The van der Waals surface area contributed by atoms with E-state index in [1.807, 2.05) is 18.2 Å². The number of anilines is 1. The molecule has 5 nitrogen and oxygen atoms in total. The first-order valence-electron chi connectivity index (χ1n) is 7.92. The SMILES string of the molecule is CN=C(NCCc1ccccc1C)Nc1ccc(OC)c(OC)c1.I. The predicted molar refractivity (Wildman–Crippen MR) is 115 cm³/mol. The Labute approximate surface area is 166 Å². The van der Waals surface area contributed by atoms with E-state index in [1.165, 1.54) is 11.1 Å². The number of nitrogens with zero attached hydrogens (tertiary/aromatic N) is 1. The van der Waals surface area contributed by atoms with Gasteiger partial charge >= 0.3 is 0 Å². The zero-order valence-corrected chi connectivity index (χ0v) is 17.5. The fourth-order valence-electron chi connectivity index (χ4n) is 2.44. The molecule has 0 spiro atoms. The van der Waals surface area contributed by atoms with Gasteiger partial charge in [-0.15, -0.1) is 24.0 Å². The van der Waals surface area contributed by atoms with Crippen molar-refractivity contribution in [3.05, 3.63) is 53.6 Å². The second-order valence-electron chi connectivity index (χ2n) is 5.37. The van der Waals surface area contributed by atoms with Crippen molar-refractivity contribution in [2.24, 2.45) is 4.99 Å². The van der Waals surface area contributed by atoms with Crippen molar-refractivity contribution in [1.82, 2.24) is 5.32 Å². The predicted octanol–water partition coefficient (Wildman–Crippen LogP) is 3.86. The van der Waals surface area contributed by atoms with E-state index in [4.69, 9.17) is 9.47 Å². The van der Waals surface area contributed by atoms with Crippen LogP contribution >= 0.6 is 24.0 Å². The van der Waals surface area contributed by atoms with Gasteiger partial charge in [-0.25, -0.2) is 0 Å². The number of ether oxygens (including phenoxy) is 2. The summed E-state index contributed by atoms with van der Waals surface area (Å²) in [5.74, 6) is 2.10. The Bertz CT molecular complexity index is 705. The van der Waals surface area contributed by atoms with Crippen molar-refractivity contribution in [2.75, 3.05) is 33.1 Å². The van der Waals surface area contributed by atoms with E-state index in [-0.39, 0.29) is 24.0 Å². The maximum atomic E-state index is 5.32. The topological polar surface area (TPSA) is 54.9 Å². The summed E-state index contributed by atoms with van der Waals surface area (Å²) in [7, 11) is 5.00. The van der Waals surface area contributed by atoms with Crippen LogP contribution in [0.4, 0.5) is 5.69 Å². The maximum absolute atomic E-state index is 5.32. The highest BCUT2D eigenvalue weighted by atomic mass is 127. The van der Waals surface area contributed by atoms with E-state index in [2.05, 4.69) is 46.8 Å². The van der Waals surface area contributed by atoms with Gasteiger partial charge in [0, 0.05) is 25.3 Å². The summed E-state index contributed by atoms with van der Waals surface area (Å²) in [5, 5.41) is 6.59. The van der Waals surface area contributed by atoms with Gasteiger partial charge in [-0.2, -0.15) is 0 Å². The largest absolute Gasteiger partial charge is 0.493 e. The molecular formula is C19H26IN3O2. The van der Waals surface area contributed by atoms with Crippen LogP contribution < -0.4 is 20.1 Å². The molecule has 2 rings (SSSR count). The van der Waals surface area contributed by atoms with Crippen molar-refractivity contribution in [2.45, 2.75) is 13.3 Å². The number of hydrogen-bond donors (Lipinski definition) is 2. The van der Waals surface area contributed by atoms with Crippen LogP contribution in [0.1, 0.15) is 11.1 Å². The zero-order chi connectivity index (χ0) is 17.4. The average Bonchev–Trinajstić information content (AvgIpc) is 2.62. The van der Waals surface area contributed by atoms with Crippen molar-refractivity contribution >= 4 is 35.6 Å². The summed E-state index contributed by atoms with van der Waals surface area (Å²) in [5.41, 5.74) is 3.53. The molecule has 0 unspecified atom stereocenters. The molecule has 2 N–H and O–H groups in total. The highest BCUT2D eigenvalue weighted by molar-refractivity contribution is 14.0. The molecule has 0 aliphatic rings. The first-order chi connectivity index (χ1) is 11.7. The van der Waals surface area contributed by atoms with Gasteiger partial charge in [-0.3, -0.25) is 4.99 Å². The minimum Gasteiger partial charge on any atom is -0.493 e. The summed E-state index contributed by atoms with van der Waals surface area (Å²) in [6.45, 7) is 2.93. The molecule has 136 valence electrons. The molecular weight excluding hydrogens is 429 g/mol. The maximum Gasteiger partial charge on any atom is 0.195 e. The molecule has 0 aromatic heterocycles. The number of methoxy groups -OCH3 is 2. The Kier molecular flexibility index (Phi) is 9.12. The van der Waals surface area contributed by atoms with Crippen LogP contribution in [-0.2, 0) is 6.42 Å². The van der Waals surface area contributed by atoms with Crippen LogP contribution in [0.3, 0.4) is 0 Å². The van der Waals surface area contributed by atoms with Crippen molar-refractivity contribution < 1.29 is 9.47 Å². The first kappa shape index (κ1) is 21.1. The van der Waals surface area contributed by atoms with E-state index in [0.29, 0.717) is 11.5 Å². The quantitative estimate of drug-likeness (QED) is 0.395. The van der Waals surface area contributed by atoms with Gasteiger partial charge in [-0.05, 0) is 36.6 Å². The first-order valence-corrected chi connectivity index (χ1v) is 7.92. The molecule has 0 radical (unpaired) electrons. The molecule has 0 fully saturated rings. The lowest BCUT2D eigenvalue weighted by Crippen LogP contribution is -2.32.